The van der Waals surface area contributed by atoms with E-state index in [1.807, 2.05) is 0 Å². The number of carboxylic acids is 1. The number of carboxylic acid groups (broad SMARTS) is 1. The second-order valence-electron chi connectivity index (χ2n) is 2.85. The highest BCUT2D eigenvalue weighted by molar-refractivity contribution is 5.92. The van der Waals surface area contributed by atoms with Crippen molar-refractivity contribution in [2.45, 2.75) is 0 Å². The number of halogens is 1. The topological polar surface area (TPSA) is 86.1 Å². The van der Waals surface area contributed by atoms with Crippen LogP contribution in [0.1, 0.15) is 15.9 Å². The standard InChI is InChI=1S/C10H8FN3O2/c11-8-4-3-7(2-1-5-13-14-12)9(6-8)10(15)16/h1-4,6H,5H2,(H,15,16). The molecule has 0 saturated heterocycles. The normalized spacial score (nSPS) is 10.1. The van der Waals surface area contributed by atoms with Crippen molar-refractivity contribution in [3.05, 3.63) is 51.7 Å². The molecular formula is C10H8FN3O2. The molecule has 0 aliphatic heterocycles. The zero-order valence-corrected chi connectivity index (χ0v) is 8.17. The first-order valence-corrected chi connectivity index (χ1v) is 4.35. The highest BCUT2D eigenvalue weighted by Gasteiger charge is 2.08. The quantitative estimate of drug-likeness (QED) is 0.481. The molecule has 1 aromatic carbocycles. The summed E-state index contributed by atoms with van der Waals surface area (Å²) in [6.07, 6.45) is 2.97. The molecule has 0 fully saturated rings. The van der Waals surface area contributed by atoms with Crippen LogP contribution in [0.25, 0.3) is 16.5 Å². The largest absolute Gasteiger partial charge is 0.478 e. The van der Waals surface area contributed by atoms with Crippen LogP contribution in [0.4, 0.5) is 4.39 Å². The van der Waals surface area contributed by atoms with Gasteiger partial charge in [-0.05, 0) is 23.2 Å². The highest BCUT2D eigenvalue weighted by atomic mass is 19.1. The summed E-state index contributed by atoms with van der Waals surface area (Å²) in [5.74, 6) is -1.81. The monoisotopic (exact) mass is 221 g/mol. The van der Waals surface area contributed by atoms with Gasteiger partial charge in [0, 0.05) is 11.5 Å². The molecular weight excluding hydrogens is 213 g/mol. The lowest BCUT2D eigenvalue weighted by atomic mass is 10.1. The average Bonchev–Trinajstić information content (AvgIpc) is 2.26. The van der Waals surface area contributed by atoms with E-state index in [2.05, 4.69) is 10.0 Å². The van der Waals surface area contributed by atoms with E-state index in [1.165, 1.54) is 24.3 Å². The van der Waals surface area contributed by atoms with Crippen LogP contribution >= 0.6 is 0 Å². The molecule has 5 nitrogen and oxygen atoms in total. The average molecular weight is 221 g/mol. The summed E-state index contributed by atoms with van der Waals surface area (Å²) in [5.41, 5.74) is 8.26. The van der Waals surface area contributed by atoms with Crippen LogP contribution in [0.3, 0.4) is 0 Å². The highest BCUT2D eigenvalue weighted by Crippen LogP contribution is 2.13. The van der Waals surface area contributed by atoms with Crippen LogP contribution in [-0.4, -0.2) is 17.6 Å². The van der Waals surface area contributed by atoms with E-state index in [0.717, 1.165) is 6.07 Å². The second kappa shape index (κ2) is 5.53. The zero-order chi connectivity index (χ0) is 12.0. The van der Waals surface area contributed by atoms with E-state index in [9.17, 15) is 9.18 Å². The number of azide groups is 1. The maximum absolute atomic E-state index is 12.8. The lowest BCUT2D eigenvalue weighted by molar-refractivity contribution is 0.0696. The Balaban J connectivity index is 2.99. The molecule has 1 aromatic rings. The van der Waals surface area contributed by atoms with Gasteiger partial charge < -0.3 is 5.11 Å². The lowest BCUT2D eigenvalue weighted by Gasteiger charge is -2.00. The van der Waals surface area contributed by atoms with Gasteiger partial charge in [-0.15, -0.1) is 0 Å². The van der Waals surface area contributed by atoms with Crippen molar-refractivity contribution in [1.29, 1.82) is 0 Å². The van der Waals surface area contributed by atoms with Crippen molar-refractivity contribution in [2.75, 3.05) is 6.54 Å². The van der Waals surface area contributed by atoms with Crippen LogP contribution in [0.5, 0.6) is 0 Å². The molecule has 0 aliphatic carbocycles. The van der Waals surface area contributed by atoms with Crippen LogP contribution in [-0.2, 0) is 0 Å². The van der Waals surface area contributed by atoms with Crippen molar-refractivity contribution in [1.82, 2.24) is 0 Å². The number of hydrogen-bond donors (Lipinski definition) is 1. The fraction of sp³-hybridized carbons (Fsp3) is 0.100. The van der Waals surface area contributed by atoms with Gasteiger partial charge in [0.2, 0.25) is 0 Å². The number of rotatable bonds is 4. The van der Waals surface area contributed by atoms with Gasteiger partial charge in [0.25, 0.3) is 0 Å². The molecule has 0 amide bonds. The van der Waals surface area contributed by atoms with E-state index in [-0.39, 0.29) is 12.1 Å². The van der Waals surface area contributed by atoms with Crippen molar-refractivity contribution in [3.63, 3.8) is 0 Å². The Hall–Kier alpha value is -2.33. The van der Waals surface area contributed by atoms with Gasteiger partial charge in [-0.1, -0.05) is 23.3 Å². The van der Waals surface area contributed by atoms with Crippen LogP contribution in [0.15, 0.2) is 29.4 Å². The predicted molar refractivity (Wildman–Crippen MR) is 56.4 cm³/mol. The molecule has 1 rings (SSSR count). The van der Waals surface area contributed by atoms with Gasteiger partial charge in [0.15, 0.2) is 0 Å². The van der Waals surface area contributed by atoms with Gasteiger partial charge in [-0.3, -0.25) is 0 Å². The third kappa shape index (κ3) is 3.11. The number of aromatic carboxylic acids is 1. The summed E-state index contributed by atoms with van der Waals surface area (Å²) in [5, 5.41) is 12.1. The number of hydrogen-bond acceptors (Lipinski definition) is 2. The Morgan fingerprint density at radius 1 is 1.62 bits per heavy atom. The molecule has 0 unspecified atom stereocenters. The summed E-state index contributed by atoms with van der Waals surface area (Å²) in [6, 6.07) is 3.46. The molecule has 0 spiro atoms. The van der Waals surface area contributed by atoms with Crippen LogP contribution in [0, 0.1) is 5.82 Å². The Bertz CT molecular complexity index is 479. The Morgan fingerprint density at radius 3 is 3.00 bits per heavy atom. The smallest absolute Gasteiger partial charge is 0.336 e. The first kappa shape index (κ1) is 11.7. The zero-order valence-electron chi connectivity index (χ0n) is 8.17. The van der Waals surface area contributed by atoms with Gasteiger partial charge in [0.1, 0.15) is 5.82 Å². The Morgan fingerprint density at radius 2 is 2.38 bits per heavy atom. The number of carbonyl (C=O) groups is 1. The van der Waals surface area contributed by atoms with Gasteiger partial charge in [-0.25, -0.2) is 9.18 Å². The molecule has 0 aliphatic rings. The van der Waals surface area contributed by atoms with Crippen molar-refractivity contribution >= 4 is 12.0 Å². The molecule has 0 bridgehead atoms. The minimum absolute atomic E-state index is 0.118. The summed E-state index contributed by atoms with van der Waals surface area (Å²) in [6.45, 7) is 0.118. The van der Waals surface area contributed by atoms with E-state index in [1.54, 1.807) is 0 Å². The van der Waals surface area contributed by atoms with Gasteiger partial charge >= 0.3 is 5.97 Å². The maximum atomic E-state index is 12.8. The fourth-order valence-electron chi connectivity index (χ4n) is 1.12. The molecule has 82 valence electrons. The van der Waals surface area contributed by atoms with Crippen molar-refractivity contribution in [2.24, 2.45) is 5.11 Å². The summed E-state index contributed by atoms with van der Waals surface area (Å²) >= 11 is 0. The Labute approximate surface area is 90.5 Å². The summed E-state index contributed by atoms with van der Waals surface area (Å²) in [7, 11) is 0. The minimum Gasteiger partial charge on any atom is -0.478 e. The minimum atomic E-state index is -1.21. The van der Waals surface area contributed by atoms with Crippen LogP contribution in [0.2, 0.25) is 0 Å². The molecule has 6 heteroatoms. The Kier molecular flexibility index (Phi) is 4.06. The SMILES string of the molecule is [N-]=[N+]=NCC=Cc1ccc(F)cc1C(=O)O. The van der Waals surface area contributed by atoms with Gasteiger partial charge in [0.05, 0.1) is 5.56 Å². The van der Waals surface area contributed by atoms with E-state index >= 15 is 0 Å². The first-order valence-electron chi connectivity index (χ1n) is 4.35. The second-order valence-corrected chi connectivity index (χ2v) is 2.85. The number of benzene rings is 1. The molecule has 0 radical (unpaired) electrons. The van der Waals surface area contributed by atoms with Gasteiger partial charge in [-0.2, -0.15) is 0 Å². The molecule has 0 heterocycles. The molecule has 0 aromatic heterocycles. The molecule has 0 atom stereocenters. The van der Waals surface area contributed by atoms with Crippen LogP contribution < -0.4 is 0 Å². The van der Waals surface area contributed by atoms with Crippen molar-refractivity contribution in [3.8, 4) is 0 Å². The van der Waals surface area contributed by atoms with E-state index < -0.39 is 11.8 Å². The number of nitrogens with zero attached hydrogens (tertiary/aromatic N) is 3. The third-order valence-electron chi connectivity index (χ3n) is 1.79. The fourth-order valence-corrected chi connectivity index (χ4v) is 1.12. The van der Waals surface area contributed by atoms with E-state index in [4.69, 9.17) is 10.6 Å². The molecule has 0 saturated carbocycles. The van der Waals surface area contributed by atoms with E-state index in [0.29, 0.717) is 5.56 Å². The third-order valence-corrected chi connectivity index (χ3v) is 1.79. The summed E-state index contributed by atoms with van der Waals surface area (Å²) in [4.78, 5) is 13.3. The van der Waals surface area contributed by atoms with Crippen molar-refractivity contribution < 1.29 is 14.3 Å². The predicted octanol–water partition coefficient (Wildman–Crippen LogP) is 2.85. The first-order chi connectivity index (χ1) is 7.65. The summed E-state index contributed by atoms with van der Waals surface area (Å²) < 4.78 is 12.8. The molecule has 16 heavy (non-hydrogen) atoms. The lowest BCUT2D eigenvalue weighted by Crippen LogP contribution is -2.00. The molecule has 1 N–H and O–H groups in total. The maximum Gasteiger partial charge on any atom is 0.336 e.